The van der Waals surface area contributed by atoms with Gasteiger partial charge >= 0.3 is 0 Å². The van der Waals surface area contributed by atoms with Gasteiger partial charge in [0.25, 0.3) is 0 Å². The van der Waals surface area contributed by atoms with Crippen LogP contribution in [0.4, 0.5) is 0 Å². The van der Waals surface area contributed by atoms with E-state index in [1.54, 1.807) is 0 Å². The molecule has 1 fully saturated rings. The lowest BCUT2D eigenvalue weighted by Gasteiger charge is -2.02. The van der Waals surface area contributed by atoms with Crippen molar-refractivity contribution in [2.75, 3.05) is 4.55 Å². The third-order valence-electron chi connectivity index (χ3n) is 1.63. The van der Waals surface area contributed by atoms with Gasteiger partial charge in [-0.3, -0.25) is 4.79 Å². The molecule has 1 aliphatic carbocycles. The highest BCUT2D eigenvalue weighted by molar-refractivity contribution is 14.1. The summed E-state index contributed by atoms with van der Waals surface area (Å²) in [6.45, 7) is 0. The van der Waals surface area contributed by atoms with Gasteiger partial charge in [0.05, 0.1) is 10.6 Å². The van der Waals surface area contributed by atoms with Crippen LogP contribution in [0.1, 0.15) is 12.8 Å². The standard InChI is InChI=1S/C6H7IN2O/c7-4-9-5(10)6(3-8)1-2-6/h1-2,4H2,(H,9,10). The van der Waals surface area contributed by atoms with Crippen molar-refractivity contribution in [2.24, 2.45) is 5.41 Å². The molecule has 4 heteroatoms. The fourth-order valence-corrected chi connectivity index (χ4v) is 1.09. The maximum absolute atomic E-state index is 11.0. The first-order valence-electron chi connectivity index (χ1n) is 3.01. The van der Waals surface area contributed by atoms with E-state index >= 15 is 0 Å². The fourth-order valence-electron chi connectivity index (χ4n) is 0.745. The van der Waals surface area contributed by atoms with Gasteiger partial charge < -0.3 is 5.32 Å². The van der Waals surface area contributed by atoms with Crippen molar-refractivity contribution in [3.05, 3.63) is 0 Å². The molecule has 1 saturated carbocycles. The Morgan fingerprint density at radius 2 is 2.40 bits per heavy atom. The maximum Gasteiger partial charge on any atom is 0.241 e. The lowest BCUT2D eigenvalue weighted by atomic mass is 10.1. The summed E-state index contributed by atoms with van der Waals surface area (Å²) in [6.07, 6.45) is 1.46. The van der Waals surface area contributed by atoms with E-state index in [4.69, 9.17) is 5.26 Å². The number of nitrogens with one attached hydrogen (secondary N) is 1. The lowest BCUT2D eigenvalue weighted by molar-refractivity contribution is -0.123. The highest BCUT2D eigenvalue weighted by atomic mass is 127. The molecule has 3 nitrogen and oxygen atoms in total. The molecule has 0 aliphatic heterocycles. The van der Waals surface area contributed by atoms with Crippen molar-refractivity contribution >= 4 is 28.5 Å². The van der Waals surface area contributed by atoms with Crippen molar-refractivity contribution in [1.82, 2.24) is 5.32 Å². The molecular weight excluding hydrogens is 243 g/mol. The van der Waals surface area contributed by atoms with Crippen LogP contribution in [0, 0.1) is 16.7 Å². The number of carbonyl (C=O) groups is 1. The minimum atomic E-state index is -0.648. The SMILES string of the molecule is N#CC1(C(=O)NCI)CC1. The topological polar surface area (TPSA) is 52.9 Å². The van der Waals surface area contributed by atoms with Crippen LogP contribution in [-0.2, 0) is 4.79 Å². The number of amides is 1. The van der Waals surface area contributed by atoms with Crippen LogP contribution in [0.25, 0.3) is 0 Å². The molecule has 10 heavy (non-hydrogen) atoms. The van der Waals surface area contributed by atoms with Gasteiger partial charge in [0.15, 0.2) is 0 Å². The van der Waals surface area contributed by atoms with Crippen molar-refractivity contribution in [1.29, 1.82) is 5.26 Å². The first kappa shape index (κ1) is 7.79. The van der Waals surface area contributed by atoms with Gasteiger partial charge in [-0.25, -0.2) is 0 Å². The highest BCUT2D eigenvalue weighted by Gasteiger charge is 2.50. The summed E-state index contributed by atoms with van der Waals surface area (Å²) in [5.41, 5.74) is -0.648. The summed E-state index contributed by atoms with van der Waals surface area (Å²) in [5.74, 6) is -0.107. The second-order valence-corrected chi connectivity index (χ2v) is 3.10. The number of alkyl halides is 1. The molecule has 0 aromatic heterocycles. The predicted octanol–water partition coefficient (Wildman–Crippen LogP) is 0.799. The number of halogens is 1. The molecule has 0 atom stereocenters. The molecule has 0 radical (unpaired) electrons. The summed E-state index contributed by atoms with van der Waals surface area (Å²) in [5, 5.41) is 11.2. The zero-order valence-corrected chi connectivity index (χ0v) is 7.51. The number of rotatable bonds is 2. The van der Waals surface area contributed by atoms with Crippen LogP contribution in [-0.4, -0.2) is 10.5 Å². The first-order chi connectivity index (χ1) is 4.75. The fraction of sp³-hybridized carbons (Fsp3) is 0.667. The Morgan fingerprint density at radius 1 is 1.80 bits per heavy atom. The van der Waals surface area contributed by atoms with Gasteiger partial charge in [-0.2, -0.15) is 5.26 Å². The van der Waals surface area contributed by atoms with Gasteiger partial charge in [-0.15, -0.1) is 0 Å². The second kappa shape index (κ2) is 2.74. The zero-order valence-electron chi connectivity index (χ0n) is 5.35. The Morgan fingerprint density at radius 3 is 2.70 bits per heavy atom. The lowest BCUT2D eigenvalue weighted by Crippen LogP contribution is -2.29. The number of nitrogens with zero attached hydrogens (tertiary/aromatic N) is 1. The monoisotopic (exact) mass is 250 g/mol. The molecule has 1 aliphatic rings. The average Bonchev–Trinajstić information content (AvgIpc) is 2.68. The van der Waals surface area contributed by atoms with E-state index in [2.05, 4.69) is 5.32 Å². The number of nitriles is 1. The second-order valence-electron chi connectivity index (χ2n) is 2.33. The van der Waals surface area contributed by atoms with Crippen LogP contribution in [0.3, 0.4) is 0 Å². The van der Waals surface area contributed by atoms with Crippen molar-refractivity contribution < 1.29 is 4.79 Å². The Labute approximate surface area is 72.9 Å². The molecule has 0 heterocycles. The summed E-state index contributed by atoms with van der Waals surface area (Å²) in [4.78, 5) is 11.0. The van der Waals surface area contributed by atoms with Crippen molar-refractivity contribution in [2.45, 2.75) is 12.8 Å². The van der Waals surface area contributed by atoms with Crippen LogP contribution in [0.2, 0.25) is 0 Å². The molecule has 0 saturated heterocycles. The van der Waals surface area contributed by atoms with E-state index in [0.717, 1.165) is 12.8 Å². The third-order valence-corrected chi connectivity index (χ3v) is 2.01. The highest BCUT2D eigenvalue weighted by Crippen LogP contribution is 2.44. The summed E-state index contributed by atoms with van der Waals surface area (Å²) < 4.78 is 0.583. The molecule has 54 valence electrons. The first-order valence-corrected chi connectivity index (χ1v) is 4.53. The Kier molecular flexibility index (Phi) is 2.14. The molecule has 1 rings (SSSR count). The minimum Gasteiger partial charge on any atom is -0.346 e. The largest absolute Gasteiger partial charge is 0.346 e. The van der Waals surface area contributed by atoms with E-state index < -0.39 is 5.41 Å². The molecule has 0 spiro atoms. The predicted molar refractivity (Wildman–Crippen MR) is 44.3 cm³/mol. The van der Waals surface area contributed by atoms with E-state index in [9.17, 15) is 4.79 Å². The molecule has 0 unspecified atom stereocenters. The zero-order chi connectivity index (χ0) is 7.61. The smallest absolute Gasteiger partial charge is 0.241 e. The van der Waals surface area contributed by atoms with Gasteiger partial charge in [0, 0.05) is 0 Å². The Hall–Kier alpha value is -0.310. The van der Waals surface area contributed by atoms with E-state index in [0.29, 0.717) is 4.55 Å². The summed E-state index contributed by atoms with van der Waals surface area (Å²) in [6, 6.07) is 2.02. The van der Waals surface area contributed by atoms with Crippen LogP contribution in [0.15, 0.2) is 0 Å². The van der Waals surface area contributed by atoms with E-state index in [1.807, 2.05) is 28.7 Å². The van der Waals surface area contributed by atoms with Gasteiger partial charge in [0.2, 0.25) is 5.91 Å². The normalized spacial score (nSPS) is 19.2. The molecule has 0 aromatic rings. The van der Waals surface area contributed by atoms with Crippen LogP contribution >= 0.6 is 22.6 Å². The number of carbonyl (C=O) groups excluding carboxylic acids is 1. The summed E-state index contributed by atoms with van der Waals surface area (Å²) >= 11 is 2.05. The molecule has 1 amide bonds. The molecule has 0 aromatic carbocycles. The number of hydrogen-bond donors (Lipinski definition) is 1. The number of hydrogen-bond acceptors (Lipinski definition) is 2. The minimum absolute atomic E-state index is 0.107. The van der Waals surface area contributed by atoms with Crippen LogP contribution < -0.4 is 5.32 Å². The van der Waals surface area contributed by atoms with Gasteiger partial charge in [0.1, 0.15) is 5.41 Å². The summed E-state index contributed by atoms with van der Waals surface area (Å²) in [7, 11) is 0. The van der Waals surface area contributed by atoms with Crippen LogP contribution in [0.5, 0.6) is 0 Å². The van der Waals surface area contributed by atoms with E-state index in [-0.39, 0.29) is 5.91 Å². The third kappa shape index (κ3) is 1.24. The Balaban J connectivity index is 2.50. The van der Waals surface area contributed by atoms with Crippen molar-refractivity contribution in [3.63, 3.8) is 0 Å². The molecule has 0 bridgehead atoms. The van der Waals surface area contributed by atoms with Crippen molar-refractivity contribution in [3.8, 4) is 6.07 Å². The molecular formula is C6H7IN2O. The van der Waals surface area contributed by atoms with Gasteiger partial charge in [-0.05, 0) is 12.8 Å². The van der Waals surface area contributed by atoms with E-state index in [1.165, 1.54) is 0 Å². The maximum atomic E-state index is 11.0. The van der Waals surface area contributed by atoms with Gasteiger partial charge in [-0.1, -0.05) is 22.6 Å². The average molecular weight is 250 g/mol. The Bertz CT molecular complexity index is 192. The molecule has 1 N–H and O–H groups in total. The quantitative estimate of drug-likeness (QED) is 0.447.